The molecule has 2 aromatic heterocycles. The summed E-state index contributed by atoms with van der Waals surface area (Å²) in [6, 6.07) is 6.61. The molecule has 3 aromatic rings. The molecule has 0 spiro atoms. The van der Waals surface area contributed by atoms with Crippen LogP contribution in [0.15, 0.2) is 40.4 Å². The average Bonchev–Trinajstić information content (AvgIpc) is 3.27. The number of amides is 3. The van der Waals surface area contributed by atoms with Crippen molar-refractivity contribution in [3.63, 3.8) is 0 Å². The molecular weight excluding hydrogens is 404 g/mol. The van der Waals surface area contributed by atoms with Gasteiger partial charge < -0.3 is 10.3 Å². The zero-order valence-corrected chi connectivity index (χ0v) is 16.3. The first kappa shape index (κ1) is 18.5. The van der Waals surface area contributed by atoms with Gasteiger partial charge in [0.25, 0.3) is 5.56 Å². The van der Waals surface area contributed by atoms with Crippen LogP contribution >= 0.6 is 23.4 Å². The molecule has 1 aliphatic heterocycles. The number of thioether (sulfide) groups is 1. The van der Waals surface area contributed by atoms with Crippen LogP contribution in [0.2, 0.25) is 5.02 Å². The number of hydrogen-bond acceptors (Lipinski definition) is 6. The third kappa shape index (κ3) is 3.36. The highest BCUT2D eigenvalue weighted by molar-refractivity contribution is 8.00. The molecule has 0 unspecified atom stereocenters. The molecule has 144 valence electrons. The molecule has 0 aliphatic carbocycles. The van der Waals surface area contributed by atoms with Crippen molar-refractivity contribution in [3.8, 4) is 5.69 Å². The van der Waals surface area contributed by atoms with Gasteiger partial charge in [-0.1, -0.05) is 29.4 Å². The fraction of sp³-hybridized carbons (Fsp3) is 0.235. The van der Waals surface area contributed by atoms with E-state index in [9.17, 15) is 14.4 Å². The van der Waals surface area contributed by atoms with Gasteiger partial charge in [-0.15, -0.1) is 0 Å². The molecule has 1 aromatic carbocycles. The fourth-order valence-corrected chi connectivity index (χ4v) is 3.91. The van der Waals surface area contributed by atoms with Gasteiger partial charge in [-0.2, -0.15) is 5.10 Å². The van der Waals surface area contributed by atoms with Crippen molar-refractivity contribution >= 4 is 46.3 Å². The Morgan fingerprint density at radius 3 is 2.89 bits per heavy atom. The second-order valence-electron chi connectivity index (χ2n) is 6.13. The molecule has 11 heteroatoms. The van der Waals surface area contributed by atoms with Crippen LogP contribution in [0.25, 0.3) is 16.7 Å². The van der Waals surface area contributed by atoms with Gasteiger partial charge in [-0.25, -0.2) is 14.5 Å². The highest BCUT2D eigenvalue weighted by Crippen LogP contribution is 2.23. The third-order valence-corrected chi connectivity index (χ3v) is 5.44. The van der Waals surface area contributed by atoms with Crippen molar-refractivity contribution in [2.45, 2.75) is 17.3 Å². The Hall–Kier alpha value is -2.85. The molecule has 9 nitrogen and oxygen atoms in total. The van der Waals surface area contributed by atoms with Crippen LogP contribution in [0, 0.1) is 0 Å². The zero-order valence-electron chi connectivity index (χ0n) is 14.7. The summed E-state index contributed by atoms with van der Waals surface area (Å²) in [4.78, 5) is 44.9. The predicted molar refractivity (Wildman–Crippen MR) is 105 cm³/mol. The minimum Gasteiger partial charge on any atom is -0.336 e. The van der Waals surface area contributed by atoms with Gasteiger partial charge >= 0.3 is 6.03 Å². The molecule has 1 fully saturated rings. The van der Waals surface area contributed by atoms with E-state index in [0.717, 1.165) is 16.7 Å². The van der Waals surface area contributed by atoms with Gasteiger partial charge in [0.1, 0.15) is 5.39 Å². The maximum absolute atomic E-state index is 12.5. The lowest BCUT2D eigenvalue weighted by Gasteiger charge is -2.16. The Morgan fingerprint density at radius 1 is 1.36 bits per heavy atom. The van der Waals surface area contributed by atoms with Crippen molar-refractivity contribution in [1.29, 1.82) is 0 Å². The van der Waals surface area contributed by atoms with Crippen molar-refractivity contribution in [2.75, 3.05) is 13.1 Å². The lowest BCUT2D eigenvalue weighted by molar-refractivity contribution is -0.126. The fourth-order valence-electron chi connectivity index (χ4n) is 2.87. The summed E-state index contributed by atoms with van der Waals surface area (Å²) < 4.78 is 1.51. The highest BCUT2D eigenvalue weighted by atomic mass is 35.5. The van der Waals surface area contributed by atoms with Gasteiger partial charge in [0.05, 0.1) is 17.1 Å². The van der Waals surface area contributed by atoms with Crippen LogP contribution in [-0.4, -0.2) is 54.9 Å². The number of nitrogens with zero attached hydrogens (tertiary/aromatic N) is 4. The number of halogens is 1. The summed E-state index contributed by atoms with van der Waals surface area (Å²) in [5, 5.41) is 7.34. The molecule has 1 aliphatic rings. The van der Waals surface area contributed by atoms with Gasteiger partial charge in [-0.3, -0.25) is 14.5 Å². The van der Waals surface area contributed by atoms with Crippen molar-refractivity contribution in [2.24, 2.45) is 0 Å². The number of rotatable bonds is 4. The van der Waals surface area contributed by atoms with Crippen LogP contribution in [0.5, 0.6) is 0 Å². The zero-order chi connectivity index (χ0) is 19.8. The molecule has 3 heterocycles. The smallest absolute Gasteiger partial charge is 0.324 e. The Balaban J connectivity index is 1.67. The van der Waals surface area contributed by atoms with Crippen molar-refractivity contribution < 1.29 is 9.59 Å². The normalized spacial score (nSPS) is 15.1. The molecular formula is C17H15ClN6O3S. The first-order chi connectivity index (χ1) is 13.4. The van der Waals surface area contributed by atoms with E-state index in [4.69, 9.17) is 11.6 Å². The van der Waals surface area contributed by atoms with Gasteiger partial charge in [0.15, 0.2) is 10.8 Å². The number of nitrogens with one attached hydrogen (secondary N) is 2. The second-order valence-corrected chi connectivity index (χ2v) is 7.89. The van der Waals surface area contributed by atoms with E-state index in [0.29, 0.717) is 34.8 Å². The van der Waals surface area contributed by atoms with E-state index < -0.39 is 11.3 Å². The topological polar surface area (TPSA) is 113 Å². The summed E-state index contributed by atoms with van der Waals surface area (Å²) >= 11 is 7.12. The molecule has 4 rings (SSSR count). The Kier molecular flexibility index (Phi) is 4.82. The van der Waals surface area contributed by atoms with Crippen LogP contribution in [0.4, 0.5) is 4.79 Å². The molecule has 0 bridgehead atoms. The Morgan fingerprint density at radius 2 is 2.18 bits per heavy atom. The largest absolute Gasteiger partial charge is 0.336 e. The van der Waals surface area contributed by atoms with E-state index >= 15 is 0 Å². The molecule has 28 heavy (non-hydrogen) atoms. The number of aromatic amines is 1. The molecule has 2 N–H and O–H groups in total. The second kappa shape index (κ2) is 7.28. The monoisotopic (exact) mass is 418 g/mol. The number of hydrogen-bond donors (Lipinski definition) is 2. The number of fused-ring (bicyclic) bond motifs is 1. The number of H-pyrrole nitrogens is 1. The minimum absolute atomic E-state index is 0.265. The van der Waals surface area contributed by atoms with E-state index in [-0.39, 0.29) is 16.6 Å². The maximum Gasteiger partial charge on any atom is 0.324 e. The van der Waals surface area contributed by atoms with E-state index in [1.165, 1.54) is 10.9 Å². The first-order valence-corrected chi connectivity index (χ1v) is 9.69. The Labute approximate surface area is 168 Å². The van der Waals surface area contributed by atoms with E-state index in [2.05, 4.69) is 20.4 Å². The molecule has 1 atom stereocenters. The molecule has 0 saturated carbocycles. The summed E-state index contributed by atoms with van der Waals surface area (Å²) in [5.74, 6) is -0.342. The quantitative estimate of drug-likeness (QED) is 0.493. The van der Waals surface area contributed by atoms with Crippen LogP contribution in [0.1, 0.15) is 6.92 Å². The van der Waals surface area contributed by atoms with E-state index in [1.54, 1.807) is 31.2 Å². The SMILES string of the molecule is C[C@@H](Sc1nc2c(cnn2-c2cccc(Cl)c2)c(=O)[nH]1)C(=O)N1CCNC1=O. The molecule has 0 radical (unpaired) electrons. The third-order valence-electron chi connectivity index (χ3n) is 4.23. The maximum atomic E-state index is 12.5. The van der Waals surface area contributed by atoms with E-state index in [1.807, 2.05) is 0 Å². The number of urea groups is 1. The van der Waals surface area contributed by atoms with Crippen LogP contribution in [-0.2, 0) is 4.79 Å². The lowest BCUT2D eigenvalue weighted by atomic mass is 10.3. The van der Waals surface area contributed by atoms with Gasteiger partial charge in [0.2, 0.25) is 5.91 Å². The van der Waals surface area contributed by atoms with Gasteiger partial charge in [-0.05, 0) is 25.1 Å². The highest BCUT2D eigenvalue weighted by Gasteiger charge is 2.30. The van der Waals surface area contributed by atoms with Crippen molar-refractivity contribution in [3.05, 3.63) is 45.8 Å². The van der Waals surface area contributed by atoms with Crippen LogP contribution in [0.3, 0.4) is 0 Å². The van der Waals surface area contributed by atoms with Gasteiger partial charge in [0, 0.05) is 18.1 Å². The average molecular weight is 419 g/mol. The lowest BCUT2D eigenvalue weighted by Crippen LogP contribution is -2.39. The number of benzene rings is 1. The summed E-state index contributed by atoms with van der Waals surface area (Å²) in [6.07, 6.45) is 1.43. The summed E-state index contributed by atoms with van der Waals surface area (Å²) in [7, 11) is 0. The first-order valence-electron chi connectivity index (χ1n) is 8.44. The summed E-state index contributed by atoms with van der Waals surface area (Å²) in [5.41, 5.74) is 0.654. The minimum atomic E-state index is -0.605. The number of imide groups is 1. The summed E-state index contributed by atoms with van der Waals surface area (Å²) in [6.45, 7) is 2.42. The molecule has 3 amide bonds. The number of aromatic nitrogens is 4. The number of carbonyl (C=O) groups is 2. The van der Waals surface area contributed by atoms with Crippen molar-refractivity contribution in [1.82, 2.24) is 30.0 Å². The molecule has 1 saturated heterocycles. The predicted octanol–water partition coefficient (Wildman–Crippen LogP) is 1.79. The van der Waals surface area contributed by atoms with Crippen LogP contribution < -0.4 is 10.9 Å². The standard InChI is InChI=1S/C17H15ClN6O3S/c1-9(15(26)23-6-5-19-17(23)27)28-16-21-13-12(14(25)22-16)8-20-24(13)11-4-2-3-10(18)7-11/h2-4,7-9H,5-6H2,1H3,(H,19,27)(H,21,22,25)/t9-/m1/s1. The Bertz CT molecular complexity index is 1140. The number of carbonyl (C=O) groups excluding carboxylic acids is 2.